The van der Waals surface area contributed by atoms with Gasteiger partial charge in [-0.25, -0.2) is 0 Å². The van der Waals surface area contributed by atoms with E-state index in [1.54, 1.807) is 0 Å². The van der Waals surface area contributed by atoms with Crippen LogP contribution in [-0.4, -0.2) is 11.2 Å². The summed E-state index contributed by atoms with van der Waals surface area (Å²) in [4.78, 5) is 0. The molecule has 1 aliphatic heterocycles. The minimum absolute atomic E-state index is 0.147. The molecule has 4 unspecified atom stereocenters. The zero-order valence-electron chi connectivity index (χ0n) is 14.4. The Morgan fingerprint density at radius 2 is 1.63 bits per heavy atom. The van der Waals surface area contributed by atoms with Crippen molar-refractivity contribution in [3.63, 3.8) is 0 Å². The van der Waals surface area contributed by atoms with E-state index in [9.17, 15) is 0 Å². The second kappa shape index (κ2) is 4.23. The molecule has 1 aliphatic carbocycles. The molecule has 0 aromatic rings. The highest BCUT2D eigenvalue weighted by molar-refractivity contribution is 5.19. The Morgan fingerprint density at radius 3 is 2.00 bits per heavy atom. The minimum Gasteiger partial charge on any atom is -0.363 e. The van der Waals surface area contributed by atoms with Gasteiger partial charge in [-0.3, -0.25) is 0 Å². The first kappa shape index (κ1) is 15.4. The van der Waals surface area contributed by atoms with Gasteiger partial charge in [0.15, 0.2) is 0 Å². The van der Waals surface area contributed by atoms with Crippen molar-refractivity contribution in [2.45, 2.75) is 92.3 Å². The molecule has 1 saturated carbocycles. The Balaban J connectivity index is 2.26. The van der Waals surface area contributed by atoms with Crippen LogP contribution in [0.4, 0.5) is 0 Å². The van der Waals surface area contributed by atoms with E-state index >= 15 is 0 Å². The highest BCUT2D eigenvalue weighted by atomic mass is 16.6. The number of ether oxygens (including phenoxy) is 1. The third kappa shape index (κ3) is 2.37. The van der Waals surface area contributed by atoms with E-state index in [4.69, 9.17) is 4.74 Å². The van der Waals surface area contributed by atoms with Crippen LogP contribution in [0.2, 0.25) is 0 Å². The van der Waals surface area contributed by atoms with Crippen LogP contribution in [0, 0.1) is 22.7 Å². The first-order chi connectivity index (χ1) is 8.46. The van der Waals surface area contributed by atoms with Crippen molar-refractivity contribution in [3.05, 3.63) is 0 Å². The fourth-order valence-electron chi connectivity index (χ4n) is 4.50. The first-order valence-corrected chi connectivity index (χ1v) is 8.16. The van der Waals surface area contributed by atoms with Gasteiger partial charge in [-0.05, 0) is 55.3 Å². The fraction of sp³-hybridized carbons (Fsp3) is 1.00. The molecule has 112 valence electrons. The average molecular weight is 266 g/mol. The molecule has 0 aromatic heterocycles. The maximum atomic E-state index is 6.38. The smallest absolute Gasteiger partial charge is 0.101 e. The van der Waals surface area contributed by atoms with Crippen LogP contribution in [0.1, 0.15) is 81.1 Å². The predicted octanol–water partition coefficient (Wildman–Crippen LogP) is 5.43. The van der Waals surface area contributed by atoms with Crippen molar-refractivity contribution >= 4 is 0 Å². The van der Waals surface area contributed by atoms with Gasteiger partial charge in [-0.15, -0.1) is 0 Å². The molecule has 19 heavy (non-hydrogen) atoms. The van der Waals surface area contributed by atoms with Crippen molar-refractivity contribution in [2.24, 2.45) is 22.7 Å². The highest BCUT2D eigenvalue weighted by Crippen LogP contribution is 2.66. The van der Waals surface area contributed by atoms with E-state index < -0.39 is 0 Å². The van der Waals surface area contributed by atoms with Gasteiger partial charge in [-0.1, -0.05) is 48.5 Å². The molecule has 0 radical (unpaired) electrons. The molecule has 2 rings (SSSR count). The molecular formula is C18H34O. The molecule has 1 nitrogen and oxygen atoms in total. The largest absolute Gasteiger partial charge is 0.363 e. The van der Waals surface area contributed by atoms with E-state index in [0.29, 0.717) is 16.7 Å². The SMILES string of the molecule is CCC1(C)OC12CCC(C(C)(C)C)CC2C(C)(C)C. The summed E-state index contributed by atoms with van der Waals surface area (Å²) in [6, 6.07) is 0. The summed E-state index contributed by atoms with van der Waals surface area (Å²) in [5.41, 5.74) is 1.11. The van der Waals surface area contributed by atoms with Crippen molar-refractivity contribution in [1.29, 1.82) is 0 Å². The van der Waals surface area contributed by atoms with Crippen molar-refractivity contribution in [3.8, 4) is 0 Å². The van der Waals surface area contributed by atoms with Gasteiger partial charge in [0.25, 0.3) is 0 Å². The van der Waals surface area contributed by atoms with Gasteiger partial charge >= 0.3 is 0 Å². The summed E-state index contributed by atoms with van der Waals surface area (Å²) in [5.74, 6) is 1.54. The van der Waals surface area contributed by atoms with Gasteiger partial charge in [0.2, 0.25) is 0 Å². The first-order valence-electron chi connectivity index (χ1n) is 8.16. The van der Waals surface area contributed by atoms with Crippen LogP contribution in [0.25, 0.3) is 0 Å². The summed E-state index contributed by atoms with van der Waals surface area (Å²) in [6.07, 6.45) is 5.09. The second-order valence-corrected chi connectivity index (χ2v) is 9.33. The lowest BCUT2D eigenvalue weighted by Gasteiger charge is -2.47. The maximum absolute atomic E-state index is 6.38. The molecule has 1 saturated heterocycles. The highest BCUT2D eigenvalue weighted by Gasteiger charge is 2.71. The quantitative estimate of drug-likeness (QED) is 0.576. The van der Waals surface area contributed by atoms with E-state index in [2.05, 4.69) is 55.4 Å². The predicted molar refractivity (Wildman–Crippen MR) is 82.3 cm³/mol. The zero-order valence-corrected chi connectivity index (χ0v) is 14.4. The van der Waals surface area contributed by atoms with Crippen molar-refractivity contribution in [1.82, 2.24) is 0 Å². The summed E-state index contributed by atoms with van der Waals surface area (Å²) < 4.78 is 6.38. The van der Waals surface area contributed by atoms with E-state index in [1.165, 1.54) is 19.3 Å². The van der Waals surface area contributed by atoms with Crippen molar-refractivity contribution in [2.75, 3.05) is 0 Å². The lowest BCUT2D eigenvalue weighted by atomic mass is 9.56. The topological polar surface area (TPSA) is 12.5 Å². The van der Waals surface area contributed by atoms with Gasteiger partial charge in [0.05, 0.1) is 5.60 Å². The van der Waals surface area contributed by atoms with Crippen LogP contribution >= 0.6 is 0 Å². The van der Waals surface area contributed by atoms with Gasteiger partial charge < -0.3 is 4.74 Å². The second-order valence-electron chi connectivity index (χ2n) is 9.33. The van der Waals surface area contributed by atoms with Gasteiger partial charge in [0, 0.05) is 0 Å². The molecule has 1 heterocycles. The van der Waals surface area contributed by atoms with Crippen LogP contribution < -0.4 is 0 Å². The maximum Gasteiger partial charge on any atom is 0.101 e. The number of hydrogen-bond donors (Lipinski definition) is 0. The molecule has 4 atom stereocenters. The fourth-order valence-corrected chi connectivity index (χ4v) is 4.50. The Kier molecular flexibility index (Phi) is 3.42. The number of rotatable bonds is 1. The average Bonchev–Trinajstić information content (AvgIpc) is 2.82. The van der Waals surface area contributed by atoms with Crippen LogP contribution in [0.3, 0.4) is 0 Å². The summed E-state index contributed by atoms with van der Waals surface area (Å²) in [6.45, 7) is 19.0. The third-order valence-electron chi connectivity index (χ3n) is 6.15. The van der Waals surface area contributed by atoms with Gasteiger partial charge in [-0.2, -0.15) is 0 Å². The van der Waals surface area contributed by atoms with Crippen LogP contribution in [0.5, 0.6) is 0 Å². The molecule has 2 aliphatic rings. The van der Waals surface area contributed by atoms with Crippen LogP contribution in [-0.2, 0) is 4.74 Å². The monoisotopic (exact) mass is 266 g/mol. The van der Waals surface area contributed by atoms with Crippen LogP contribution in [0.15, 0.2) is 0 Å². The normalized spacial score (nSPS) is 43.6. The molecule has 0 aromatic carbocycles. The lowest BCUT2D eigenvalue weighted by Crippen LogP contribution is -2.46. The molecule has 1 heteroatoms. The number of hydrogen-bond acceptors (Lipinski definition) is 1. The number of epoxide rings is 1. The van der Waals surface area contributed by atoms with E-state index in [-0.39, 0.29) is 11.2 Å². The minimum atomic E-state index is 0.147. The Labute approximate surface area is 120 Å². The Bertz CT molecular complexity index is 346. The Morgan fingerprint density at radius 1 is 1.05 bits per heavy atom. The molecule has 0 amide bonds. The molecule has 0 N–H and O–H groups in total. The van der Waals surface area contributed by atoms with E-state index in [0.717, 1.165) is 12.3 Å². The standard InChI is InChI=1S/C18H34O/c1-9-17(8)18(19-17)11-10-13(15(2,3)4)12-14(18)16(5,6)7/h13-14H,9-12H2,1-8H3. The Hall–Kier alpha value is -0.0400. The lowest BCUT2D eigenvalue weighted by molar-refractivity contribution is 0.0126. The summed E-state index contributed by atoms with van der Waals surface area (Å²) >= 11 is 0. The summed E-state index contributed by atoms with van der Waals surface area (Å²) in [7, 11) is 0. The third-order valence-corrected chi connectivity index (χ3v) is 6.15. The molecule has 0 bridgehead atoms. The van der Waals surface area contributed by atoms with Gasteiger partial charge in [0.1, 0.15) is 5.60 Å². The molecule has 1 spiro atoms. The molecular weight excluding hydrogens is 232 g/mol. The van der Waals surface area contributed by atoms with Crippen molar-refractivity contribution < 1.29 is 4.74 Å². The van der Waals surface area contributed by atoms with E-state index in [1.807, 2.05) is 0 Å². The molecule has 2 fully saturated rings. The zero-order chi connectivity index (χ0) is 14.7. The summed E-state index contributed by atoms with van der Waals surface area (Å²) in [5, 5.41) is 0.